The Morgan fingerprint density at radius 1 is 0.400 bits per heavy atom. The Hall–Kier alpha value is -4.50. The third-order valence-electron chi connectivity index (χ3n) is 5.99. The van der Waals surface area contributed by atoms with Crippen molar-refractivity contribution >= 4 is 0 Å². The SMILES string of the molecule is COc1ccc(Oc2ccccc2-c2cc(-c3ccc(OC)cc3)ccc2-c2ccccc2)cc1. The van der Waals surface area contributed by atoms with Gasteiger partial charge in [0.15, 0.2) is 0 Å². The van der Waals surface area contributed by atoms with Gasteiger partial charge in [-0.15, -0.1) is 0 Å². The molecule has 0 spiro atoms. The van der Waals surface area contributed by atoms with Crippen LogP contribution in [0.3, 0.4) is 0 Å². The smallest absolute Gasteiger partial charge is 0.135 e. The number of hydrogen-bond acceptors (Lipinski definition) is 3. The van der Waals surface area contributed by atoms with Crippen LogP contribution in [0, 0.1) is 0 Å². The van der Waals surface area contributed by atoms with Crippen LogP contribution in [0.4, 0.5) is 0 Å². The van der Waals surface area contributed by atoms with Crippen molar-refractivity contribution in [2.75, 3.05) is 14.2 Å². The molecule has 0 bridgehead atoms. The molecule has 3 nitrogen and oxygen atoms in total. The van der Waals surface area contributed by atoms with Crippen molar-refractivity contribution in [3.05, 3.63) is 121 Å². The zero-order valence-corrected chi connectivity index (χ0v) is 19.8. The van der Waals surface area contributed by atoms with Crippen LogP contribution in [0.15, 0.2) is 121 Å². The van der Waals surface area contributed by atoms with Crippen molar-refractivity contribution in [1.82, 2.24) is 0 Å². The summed E-state index contributed by atoms with van der Waals surface area (Å²) < 4.78 is 17.0. The highest BCUT2D eigenvalue weighted by atomic mass is 16.5. The fourth-order valence-corrected chi connectivity index (χ4v) is 4.15. The highest BCUT2D eigenvalue weighted by molar-refractivity contribution is 5.89. The summed E-state index contributed by atoms with van der Waals surface area (Å²) in [6, 6.07) is 41.0. The van der Waals surface area contributed by atoms with Gasteiger partial charge in [-0.05, 0) is 76.3 Å². The fourth-order valence-electron chi connectivity index (χ4n) is 4.15. The van der Waals surface area contributed by atoms with E-state index in [-0.39, 0.29) is 0 Å². The van der Waals surface area contributed by atoms with Gasteiger partial charge >= 0.3 is 0 Å². The van der Waals surface area contributed by atoms with Gasteiger partial charge in [-0.3, -0.25) is 0 Å². The van der Waals surface area contributed by atoms with Crippen LogP contribution in [0.1, 0.15) is 0 Å². The van der Waals surface area contributed by atoms with Crippen molar-refractivity contribution in [1.29, 1.82) is 0 Å². The number of ether oxygens (including phenoxy) is 3. The molecular formula is C32H26O3. The van der Waals surface area contributed by atoms with Crippen molar-refractivity contribution in [3.8, 4) is 56.4 Å². The van der Waals surface area contributed by atoms with Crippen LogP contribution < -0.4 is 14.2 Å². The van der Waals surface area contributed by atoms with Crippen molar-refractivity contribution in [2.45, 2.75) is 0 Å². The normalized spacial score (nSPS) is 10.6. The van der Waals surface area contributed by atoms with Crippen molar-refractivity contribution < 1.29 is 14.2 Å². The molecule has 0 atom stereocenters. The van der Waals surface area contributed by atoms with Gasteiger partial charge in [-0.1, -0.05) is 72.8 Å². The summed E-state index contributed by atoms with van der Waals surface area (Å²) in [4.78, 5) is 0. The van der Waals surface area contributed by atoms with E-state index in [1.165, 1.54) is 0 Å². The molecule has 0 aliphatic rings. The predicted molar refractivity (Wildman–Crippen MR) is 142 cm³/mol. The first kappa shape index (κ1) is 22.3. The van der Waals surface area contributed by atoms with E-state index in [0.717, 1.165) is 56.4 Å². The Kier molecular flexibility index (Phi) is 6.49. The predicted octanol–water partition coefficient (Wildman–Crippen LogP) is 8.50. The molecule has 0 saturated heterocycles. The van der Waals surface area contributed by atoms with E-state index in [0.29, 0.717) is 0 Å². The molecule has 3 heteroatoms. The van der Waals surface area contributed by atoms with Crippen LogP contribution in [0.2, 0.25) is 0 Å². The maximum atomic E-state index is 6.36. The molecule has 35 heavy (non-hydrogen) atoms. The maximum absolute atomic E-state index is 6.36. The lowest BCUT2D eigenvalue weighted by Crippen LogP contribution is -1.92. The minimum absolute atomic E-state index is 0.755. The third kappa shape index (κ3) is 4.90. The third-order valence-corrected chi connectivity index (χ3v) is 5.99. The topological polar surface area (TPSA) is 27.7 Å². The number of hydrogen-bond donors (Lipinski definition) is 0. The minimum Gasteiger partial charge on any atom is -0.497 e. The van der Waals surface area contributed by atoms with Crippen LogP contribution >= 0.6 is 0 Å². The van der Waals surface area contributed by atoms with E-state index in [2.05, 4.69) is 60.7 Å². The summed E-state index contributed by atoms with van der Waals surface area (Å²) >= 11 is 0. The Morgan fingerprint density at radius 3 is 1.66 bits per heavy atom. The Labute approximate surface area is 206 Å². The largest absolute Gasteiger partial charge is 0.497 e. The first-order chi connectivity index (χ1) is 17.2. The molecule has 0 radical (unpaired) electrons. The summed E-state index contributed by atoms with van der Waals surface area (Å²) in [5.41, 5.74) is 6.68. The second kappa shape index (κ2) is 10.2. The minimum atomic E-state index is 0.755. The van der Waals surface area contributed by atoms with Crippen LogP contribution in [0.5, 0.6) is 23.0 Å². The van der Waals surface area contributed by atoms with E-state index in [1.807, 2.05) is 60.7 Å². The van der Waals surface area contributed by atoms with Gasteiger partial charge in [-0.2, -0.15) is 0 Å². The highest BCUT2D eigenvalue weighted by Crippen LogP contribution is 2.41. The molecule has 5 aromatic carbocycles. The molecule has 0 aromatic heterocycles. The lowest BCUT2D eigenvalue weighted by Gasteiger charge is -2.17. The van der Waals surface area contributed by atoms with Gasteiger partial charge in [0.1, 0.15) is 23.0 Å². The molecule has 0 heterocycles. The molecule has 0 aliphatic carbocycles. The molecule has 0 fully saturated rings. The zero-order chi connectivity index (χ0) is 24.0. The molecular weight excluding hydrogens is 432 g/mol. The lowest BCUT2D eigenvalue weighted by atomic mass is 9.90. The monoisotopic (exact) mass is 458 g/mol. The van der Waals surface area contributed by atoms with Gasteiger partial charge < -0.3 is 14.2 Å². The van der Waals surface area contributed by atoms with Crippen LogP contribution in [0.25, 0.3) is 33.4 Å². The van der Waals surface area contributed by atoms with Gasteiger partial charge in [0.2, 0.25) is 0 Å². The molecule has 0 aliphatic heterocycles. The van der Waals surface area contributed by atoms with Gasteiger partial charge in [0.25, 0.3) is 0 Å². The number of rotatable bonds is 7. The molecule has 0 unspecified atom stereocenters. The van der Waals surface area contributed by atoms with Crippen LogP contribution in [-0.4, -0.2) is 14.2 Å². The van der Waals surface area contributed by atoms with E-state index in [9.17, 15) is 0 Å². The first-order valence-electron chi connectivity index (χ1n) is 11.5. The Balaban J connectivity index is 1.62. The van der Waals surface area contributed by atoms with Gasteiger partial charge in [0.05, 0.1) is 14.2 Å². The summed E-state index contributed by atoms with van der Waals surface area (Å²) in [5.74, 6) is 3.19. The van der Waals surface area contributed by atoms with Gasteiger partial charge in [-0.25, -0.2) is 0 Å². The number of methoxy groups -OCH3 is 2. The highest BCUT2D eigenvalue weighted by Gasteiger charge is 2.14. The average Bonchev–Trinajstić information content (AvgIpc) is 2.94. The van der Waals surface area contributed by atoms with E-state index >= 15 is 0 Å². The first-order valence-corrected chi connectivity index (χ1v) is 11.5. The van der Waals surface area contributed by atoms with E-state index < -0.39 is 0 Å². The van der Waals surface area contributed by atoms with Gasteiger partial charge in [0, 0.05) is 5.56 Å². The Bertz CT molecular complexity index is 1410. The quantitative estimate of drug-likeness (QED) is 0.245. The maximum Gasteiger partial charge on any atom is 0.135 e. The average molecular weight is 459 g/mol. The molecule has 172 valence electrons. The fraction of sp³-hybridized carbons (Fsp3) is 0.0625. The summed E-state index contributed by atoms with van der Waals surface area (Å²) in [6.45, 7) is 0. The molecule has 0 saturated carbocycles. The number of benzene rings is 5. The van der Waals surface area contributed by atoms with Crippen molar-refractivity contribution in [2.24, 2.45) is 0 Å². The van der Waals surface area contributed by atoms with E-state index in [1.54, 1.807) is 14.2 Å². The van der Waals surface area contributed by atoms with Crippen molar-refractivity contribution in [3.63, 3.8) is 0 Å². The second-order valence-electron chi connectivity index (χ2n) is 8.13. The summed E-state index contributed by atoms with van der Waals surface area (Å²) in [7, 11) is 3.34. The lowest BCUT2D eigenvalue weighted by molar-refractivity contribution is 0.413. The molecule has 0 amide bonds. The second-order valence-corrected chi connectivity index (χ2v) is 8.13. The summed E-state index contributed by atoms with van der Waals surface area (Å²) in [5, 5.41) is 0. The van der Waals surface area contributed by atoms with E-state index in [4.69, 9.17) is 14.2 Å². The standard InChI is InChI=1S/C32H26O3/c1-33-26-15-12-23(13-16-26)25-14-21-29(24-8-4-3-5-9-24)31(22-25)30-10-6-7-11-32(30)35-28-19-17-27(34-2)18-20-28/h3-22H,1-2H3. The zero-order valence-electron chi connectivity index (χ0n) is 19.8. The molecule has 0 N–H and O–H groups in total. The summed E-state index contributed by atoms with van der Waals surface area (Å²) in [6.07, 6.45) is 0. The number of para-hydroxylation sites is 1. The molecule has 5 rings (SSSR count). The Morgan fingerprint density at radius 2 is 0.971 bits per heavy atom. The van der Waals surface area contributed by atoms with Crippen LogP contribution in [-0.2, 0) is 0 Å². The molecule has 5 aromatic rings.